The van der Waals surface area contributed by atoms with Crippen LogP contribution in [0.25, 0.3) is 0 Å². The van der Waals surface area contributed by atoms with Gasteiger partial charge in [-0.2, -0.15) is 0 Å². The van der Waals surface area contributed by atoms with E-state index in [0.717, 1.165) is 0 Å². The highest BCUT2D eigenvalue weighted by Gasteiger charge is 2.18. The number of hydrogen-bond donors (Lipinski definition) is 1. The fourth-order valence-electron chi connectivity index (χ4n) is 2.12. The molecule has 0 bridgehead atoms. The normalized spacial score (nSPS) is 14.1. The van der Waals surface area contributed by atoms with Crippen molar-refractivity contribution in [3.05, 3.63) is 29.6 Å². The van der Waals surface area contributed by atoms with E-state index < -0.39 is 6.10 Å². The number of anilines is 1. The van der Waals surface area contributed by atoms with Crippen molar-refractivity contribution in [2.75, 3.05) is 38.9 Å². The average Bonchev–Trinajstić information content (AvgIpc) is 2.40. The molecular formula is C15H24FNO3. The maximum atomic E-state index is 14.3. The molecule has 0 aromatic heterocycles. The monoisotopic (exact) mass is 285 g/mol. The van der Waals surface area contributed by atoms with Crippen LogP contribution in [0.15, 0.2) is 18.2 Å². The zero-order valence-electron chi connectivity index (χ0n) is 12.6. The van der Waals surface area contributed by atoms with Gasteiger partial charge in [-0.15, -0.1) is 0 Å². The number of ether oxygens (including phenoxy) is 2. The smallest absolute Gasteiger partial charge is 0.146 e. The molecule has 0 spiro atoms. The minimum absolute atomic E-state index is 0.0297. The van der Waals surface area contributed by atoms with Crippen molar-refractivity contribution in [3.8, 4) is 0 Å². The Labute approximate surface area is 120 Å². The number of benzene rings is 1. The Hall–Kier alpha value is -1.17. The lowest BCUT2D eigenvalue weighted by atomic mass is 10.1. The van der Waals surface area contributed by atoms with Crippen LogP contribution in [-0.2, 0) is 9.47 Å². The van der Waals surface area contributed by atoms with E-state index in [1.807, 2.05) is 11.8 Å². The summed E-state index contributed by atoms with van der Waals surface area (Å²) >= 11 is 0. The summed E-state index contributed by atoms with van der Waals surface area (Å²) in [4.78, 5) is 1.91. The van der Waals surface area contributed by atoms with Crippen molar-refractivity contribution in [1.82, 2.24) is 0 Å². The highest BCUT2D eigenvalue weighted by Crippen LogP contribution is 2.25. The first-order valence-electron chi connectivity index (χ1n) is 6.73. The SMILES string of the molecule is COCCN(c1ccc(C(C)O)cc1F)C(C)COC. The van der Waals surface area contributed by atoms with Crippen molar-refractivity contribution in [1.29, 1.82) is 0 Å². The van der Waals surface area contributed by atoms with E-state index >= 15 is 0 Å². The number of nitrogens with zero attached hydrogens (tertiary/aromatic N) is 1. The van der Waals surface area contributed by atoms with Gasteiger partial charge < -0.3 is 19.5 Å². The van der Waals surface area contributed by atoms with Crippen molar-refractivity contribution in [2.24, 2.45) is 0 Å². The summed E-state index contributed by atoms with van der Waals surface area (Å²) < 4.78 is 24.5. The maximum absolute atomic E-state index is 14.3. The van der Waals surface area contributed by atoms with E-state index in [2.05, 4.69) is 0 Å². The predicted molar refractivity (Wildman–Crippen MR) is 77.6 cm³/mol. The number of hydrogen-bond acceptors (Lipinski definition) is 4. The van der Waals surface area contributed by atoms with Gasteiger partial charge in [0.15, 0.2) is 0 Å². The fourth-order valence-corrected chi connectivity index (χ4v) is 2.12. The van der Waals surface area contributed by atoms with Crippen molar-refractivity contribution in [3.63, 3.8) is 0 Å². The lowest BCUT2D eigenvalue weighted by molar-refractivity contribution is 0.170. The molecule has 4 nitrogen and oxygen atoms in total. The van der Waals surface area contributed by atoms with E-state index in [-0.39, 0.29) is 11.9 Å². The maximum Gasteiger partial charge on any atom is 0.146 e. The highest BCUT2D eigenvalue weighted by molar-refractivity contribution is 5.50. The minimum Gasteiger partial charge on any atom is -0.389 e. The van der Waals surface area contributed by atoms with Crippen LogP contribution in [0.2, 0.25) is 0 Å². The Morgan fingerprint density at radius 3 is 2.45 bits per heavy atom. The van der Waals surface area contributed by atoms with Crippen LogP contribution in [-0.4, -0.2) is 45.1 Å². The van der Waals surface area contributed by atoms with Gasteiger partial charge in [0.25, 0.3) is 0 Å². The van der Waals surface area contributed by atoms with Crippen molar-refractivity contribution >= 4 is 5.69 Å². The summed E-state index contributed by atoms with van der Waals surface area (Å²) in [6.07, 6.45) is -0.678. The number of aliphatic hydroxyl groups excluding tert-OH is 1. The van der Waals surface area contributed by atoms with Gasteiger partial charge >= 0.3 is 0 Å². The summed E-state index contributed by atoms with van der Waals surface area (Å²) in [5.74, 6) is -0.345. The van der Waals surface area contributed by atoms with E-state index in [1.54, 1.807) is 33.3 Å². The molecule has 20 heavy (non-hydrogen) atoms. The van der Waals surface area contributed by atoms with Gasteiger partial charge in [0.05, 0.1) is 25.0 Å². The van der Waals surface area contributed by atoms with Crippen LogP contribution in [0.3, 0.4) is 0 Å². The van der Waals surface area contributed by atoms with E-state index in [4.69, 9.17) is 9.47 Å². The molecule has 0 aliphatic carbocycles. The Morgan fingerprint density at radius 1 is 1.25 bits per heavy atom. The van der Waals surface area contributed by atoms with E-state index in [1.165, 1.54) is 6.07 Å². The van der Waals surface area contributed by atoms with Crippen molar-refractivity contribution in [2.45, 2.75) is 26.0 Å². The molecule has 2 unspecified atom stereocenters. The molecule has 0 aliphatic rings. The molecule has 1 N–H and O–H groups in total. The second-order valence-electron chi connectivity index (χ2n) is 4.88. The highest BCUT2D eigenvalue weighted by atomic mass is 19.1. The summed E-state index contributed by atoms with van der Waals surface area (Å²) in [6, 6.07) is 4.84. The zero-order chi connectivity index (χ0) is 15.1. The van der Waals surface area contributed by atoms with Gasteiger partial charge in [0, 0.05) is 26.8 Å². The van der Waals surface area contributed by atoms with Crippen LogP contribution in [0, 0.1) is 5.82 Å². The molecule has 5 heteroatoms. The third kappa shape index (κ3) is 4.44. The molecule has 0 amide bonds. The molecule has 0 radical (unpaired) electrons. The number of methoxy groups -OCH3 is 2. The Balaban J connectivity index is 3.00. The molecule has 114 valence electrons. The first-order valence-corrected chi connectivity index (χ1v) is 6.73. The quantitative estimate of drug-likeness (QED) is 0.796. The van der Waals surface area contributed by atoms with Crippen LogP contribution in [0.4, 0.5) is 10.1 Å². The first kappa shape index (κ1) is 16.9. The minimum atomic E-state index is -0.678. The van der Waals surface area contributed by atoms with Crippen LogP contribution >= 0.6 is 0 Å². The summed E-state index contributed by atoms with van der Waals surface area (Å²) in [5.41, 5.74) is 1.06. The molecule has 0 fully saturated rings. The molecule has 0 saturated carbocycles. The molecular weight excluding hydrogens is 261 g/mol. The number of rotatable bonds is 8. The molecule has 1 rings (SSSR count). The van der Waals surface area contributed by atoms with Crippen LogP contribution < -0.4 is 4.90 Å². The Bertz CT molecular complexity index is 412. The van der Waals surface area contributed by atoms with E-state index in [0.29, 0.717) is 31.0 Å². The Morgan fingerprint density at radius 2 is 1.95 bits per heavy atom. The number of halogens is 1. The van der Waals surface area contributed by atoms with Gasteiger partial charge in [-0.1, -0.05) is 6.07 Å². The lowest BCUT2D eigenvalue weighted by Crippen LogP contribution is -2.39. The number of aliphatic hydroxyl groups is 1. The standard InChI is InChI=1S/C15H24FNO3/c1-11(10-20-4)17(7-8-19-3)15-6-5-13(12(2)18)9-14(15)16/h5-6,9,11-12,18H,7-8,10H2,1-4H3. The molecule has 1 aromatic carbocycles. The van der Waals surface area contributed by atoms with Gasteiger partial charge in [-0.3, -0.25) is 0 Å². The average molecular weight is 285 g/mol. The molecule has 1 aromatic rings. The molecule has 0 aliphatic heterocycles. The van der Waals surface area contributed by atoms with Gasteiger partial charge in [-0.05, 0) is 31.5 Å². The summed E-state index contributed by atoms with van der Waals surface area (Å²) in [7, 11) is 3.24. The second-order valence-corrected chi connectivity index (χ2v) is 4.88. The van der Waals surface area contributed by atoms with E-state index in [9.17, 15) is 9.50 Å². The van der Waals surface area contributed by atoms with Gasteiger partial charge in [0.2, 0.25) is 0 Å². The summed E-state index contributed by atoms with van der Waals surface area (Å²) in [5, 5.41) is 9.49. The lowest BCUT2D eigenvalue weighted by Gasteiger charge is -2.31. The Kier molecular flexibility index (Phi) is 6.91. The predicted octanol–water partition coefficient (Wildman–Crippen LogP) is 2.37. The molecule has 0 heterocycles. The van der Waals surface area contributed by atoms with Crippen molar-refractivity contribution < 1.29 is 19.0 Å². The topological polar surface area (TPSA) is 41.9 Å². The zero-order valence-corrected chi connectivity index (χ0v) is 12.6. The van der Waals surface area contributed by atoms with Gasteiger partial charge in [0.1, 0.15) is 5.82 Å². The fraction of sp³-hybridized carbons (Fsp3) is 0.600. The largest absolute Gasteiger partial charge is 0.389 e. The third-order valence-electron chi connectivity index (χ3n) is 3.24. The first-order chi connectivity index (χ1) is 9.51. The molecule has 0 saturated heterocycles. The summed E-state index contributed by atoms with van der Waals surface area (Å²) in [6.45, 7) is 5.17. The van der Waals surface area contributed by atoms with Crippen LogP contribution in [0.5, 0.6) is 0 Å². The third-order valence-corrected chi connectivity index (χ3v) is 3.24. The van der Waals surface area contributed by atoms with Crippen LogP contribution in [0.1, 0.15) is 25.5 Å². The molecule has 2 atom stereocenters. The van der Waals surface area contributed by atoms with Gasteiger partial charge in [-0.25, -0.2) is 4.39 Å². The second kappa shape index (κ2) is 8.19.